The molecule has 0 saturated carbocycles. The summed E-state index contributed by atoms with van der Waals surface area (Å²) >= 11 is 5.17. The van der Waals surface area contributed by atoms with Gasteiger partial charge in [0.1, 0.15) is 5.52 Å². The molecule has 0 aliphatic heterocycles. The van der Waals surface area contributed by atoms with Crippen molar-refractivity contribution in [2.45, 2.75) is 0 Å². The summed E-state index contributed by atoms with van der Waals surface area (Å²) in [7, 11) is 1.50. The molecule has 26 heavy (non-hydrogen) atoms. The quantitative estimate of drug-likeness (QED) is 0.468. The molecule has 0 amide bonds. The molecule has 3 rings (SSSR count). The largest absolute Gasteiger partial charge is 0.504 e. The predicted octanol–water partition coefficient (Wildman–Crippen LogP) is 2.88. The summed E-state index contributed by atoms with van der Waals surface area (Å²) in [5.74, 6) is 0.945. The number of hydrogen-bond acceptors (Lipinski definition) is 6. The van der Waals surface area contributed by atoms with Crippen LogP contribution < -0.4 is 15.4 Å². The Hall–Kier alpha value is -3.26. The molecule has 0 radical (unpaired) electrons. The van der Waals surface area contributed by atoms with E-state index in [2.05, 4.69) is 32.2 Å². The van der Waals surface area contributed by atoms with Crippen LogP contribution in [0.5, 0.6) is 11.5 Å². The zero-order chi connectivity index (χ0) is 18.5. The van der Waals surface area contributed by atoms with Crippen LogP contribution in [-0.4, -0.2) is 38.8 Å². The number of pyridine rings is 1. The summed E-state index contributed by atoms with van der Waals surface area (Å²) in [6, 6.07) is 8.71. The van der Waals surface area contributed by atoms with Gasteiger partial charge < -0.3 is 20.5 Å². The minimum Gasteiger partial charge on any atom is -0.504 e. The number of thiocarbonyl (C=S) groups is 1. The minimum atomic E-state index is 0.0730. The van der Waals surface area contributed by atoms with E-state index in [1.54, 1.807) is 30.5 Å². The van der Waals surface area contributed by atoms with Crippen LogP contribution in [0.4, 0.5) is 5.82 Å². The van der Waals surface area contributed by atoms with Crippen LogP contribution in [0.15, 0.2) is 49.2 Å². The number of fused-ring (bicyclic) bond motifs is 1. The lowest BCUT2D eigenvalue weighted by molar-refractivity contribution is 0.373. The highest BCUT2D eigenvalue weighted by Crippen LogP contribution is 2.31. The Labute approximate surface area is 155 Å². The first-order chi connectivity index (χ1) is 12.6. The molecule has 0 atom stereocenters. The van der Waals surface area contributed by atoms with Crippen LogP contribution in [0.1, 0.15) is 0 Å². The van der Waals surface area contributed by atoms with E-state index in [1.807, 2.05) is 12.1 Å². The molecule has 3 aromatic rings. The average Bonchev–Trinajstić information content (AvgIpc) is 2.66. The second kappa shape index (κ2) is 7.75. The van der Waals surface area contributed by atoms with Crippen molar-refractivity contribution in [1.29, 1.82) is 0 Å². The van der Waals surface area contributed by atoms with E-state index in [0.29, 0.717) is 40.1 Å². The molecular formula is C18H17N5O2S. The third-order valence-corrected chi connectivity index (χ3v) is 3.78. The predicted molar refractivity (Wildman–Crippen MR) is 105 cm³/mol. The van der Waals surface area contributed by atoms with Gasteiger partial charge in [0.05, 0.1) is 19.0 Å². The number of hydrogen-bond donors (Lipinski definition) is 3. The van der Waals surface area contributed by atoms with Crippen molar-refractivity contribution in [3.63, 3.8) is 0 Å². The van der Waals surface area contributed by atoms with E-state index in [4.69, 9.17) is 17.0 Å². The number of aromatic hydroxyl groups is 1. The molecule has 2 aromatic heterocycles. The molecule has 3 N–H and O–H groups in total. The fraction of sp³-hybridized carbons (Fsp3) is 0.111. The molecule has 8 heteroatoms. The normalized spacial score (nSPS) is 10.3. The number of nitrogens with zero attached hydrogens (tertiary/aromatic N) is 3. The van der Waals surface area contributed by atoms with Gasteiger partial charge in [-0.05, 0) is 42.5 Å². The van der Waals surface area contributed by atoms with E-state index in [1.165, 1.54) is 7.11 Å². The van der Waals surface area contributed by atoms with Crippen LogP contribution >= 0.6 is 12.2 Å². The van der Waals surface area contributed by atoms with Crippen molar-refractivity contribution in [2.24, 2.45) is 0 Å². The van der Waals surface area contributed by atoms with E-state index in [0.717, 1.165) is 5.56 Å². The Bertz CT molecular complexity index is 977. The van der Waals surface area contributed by atoms with E-state index in [-0.39, 0.29) is 5.75 Å². The molecular weight excluding hydrogens is 350 g/mol. The Morgan fingerprint density at radius 1 is 1.31 bits per heavy atom. The molecule has 2 heterocycles. The van der Waals surface area contributed by atoms with Crippen molar-refractivity contribution in [3.05, 3.63) is 49.2 Å². The van der Waals surface area contributed by atoms with Crippen molar-refractivity contribution in [1.82, 2.24) is 20.3 Å². The fourth-order valence-corrected chi connectivity index (χ4v) is 2.47. The van der Waals surface area contributed by atoms with Crippen LogP contribution in [0, 0.1) is 0 Å². The van der Waals surface area contributed by atoms with Crippen molar-refractivity contribution in [2.75, 3.05) is 19.0 Å². The van der Waals surface area contributed by atoms with Gasteiger partial charge in [-0.3, -0.25) is 0 Å². The highest BCUT2D eigenvalue weighted by Gasteiger charge is 2.08. The standard InChI is InChI=1S/C18H17N5O2S/c1-3-8-19-18(26)23-16-10-20-13-6-5-12(21-17(13)22-16)11-4-7-14(24)15(9-11)25-2/h3-7,9-10,24H,1,8H2,2H3,(H2,19,21,22,23,26). The fourth-order valence-electron chi connectivity index (χ4n) is 2.28. The van der Waals surface area contributed by atoms with E-state index >= 15 is 0 Å². The molecule has 132 valence electrons. The Morgan fingerprint density at radius 3 is 2.92 bits per heavy atom. The summed E-state index contributed by atoms with van der Waals surface area (Å²) in [4.78, 5) is 13.3. The number of anilines is 1. The maximum Gasteiger partial charge on any atom is 0.180 e. The third-order valence-electron chi connectivity index (χ3n) is 3.53. The molecule has 0 aliphatic rings. The lowest BCUT2D eigenvalue weighted by atomic mass is 10.1. The SMILES string of the molecule is C=CCNC(=S)Nc1cnc2ccc(-c3ccc(O)c(OC)c3)nc2n1. The summed E-state index contributed by atoms with van der Waals surface area (Å²) in [6.45, 7) is 4.18. The Morgan fingerprint density at radius 2 is 2.15 bits per heavy atom. The molecule has 0 aliphatic carbocycles. The van der Waals surface area contributed by atoms with Crippen LogP contribution in [0.2, 0.25) is 0 Å². The van der Waals surface area contributed by atoms with Gasteiger partial charge in [-0.1, -0.05) is 6.08 Å². The van der Waals surface area contributed by atoms with Crippen LogP contribution in [0.3, 0.4) is 0 Å². The molecule has 0 saturated heterocycles. The first kappa shape index (κ1) is 17.6. The highest BCUT2D eigenvalue weighted by atomic mass is 32.1. The topological polar surface area (TPSA) is 92.2 Å². The second-order valence-corrected chi connectivity index (χ2v) is 5.71. The Balaban J connectivity index is 1.92. The summed E-state index contributed by atoms with van der Waals surface area (Å²) in [6.07, 6.45) is 3.30. The third kappa shape index (κ3) is 3.86. The maximum absolute atomic E-state index is 9.74. The lowest BCUT2D eigenvalue weighted by Crippen LogP contribution is -2.28. The van der Waals surface area contributed by atoms with Gasteiger partial charge in [0, 0.05) is 12.1 Å². The molecule has 7 nitrogen and oxygen atoms in total. The minimum absolute atomic E-state index is 0.0730. The van der Waals surface area contributed by atoms with Gasteiger partial charge in [0.15, 0.2) is 28.1 Å². The van der Waals surface area contributed by atoms with E-state index in [9.17, 15) is 5.11 Å². The monoisotopic (exact) mass is 367 g/mol. The molecule has 0 bridgehead atoms. The first-order valence-electron chi connectivity index (χ1n) is 7.77. The van der Waals surface area contributed by atoms with Gasteiger partial charge in [-0.15, -0.1) is 6.58 Å². The van der Waals surface area contributed by atoms with Gasteiger partial charge in [0.2, 0.25) is 0 Å². The first-order valence-corrected chi connectivity index (χ1v) is 8.18. The zero-order valence-corrected chi connectivity index (χ0v) is 14.9. The van der Waals surface area contributed by atoms with Gasteiger partial charge in [-0.25, -0.2) is 15.0 Å². The van der Waals surface area contributed by atoms with Crippen molar-refractivity contribution < 1.29 is 9.84 Å². The van der Waals surface area contributed by atoms with Gasteiger partial charge in [-0.2, -0.15) is 0 Å². The molecule has 1 aromatic carbocycles. The molecule has 0 spiro atoms. The zero-order valence-electron chi connectivity index (χ0n) is 14.1. The highest BCUT2D eigenvalue weighted by molar-refractivity contribution is 7.80. The second-order valence-electron chi connectivity index (χ2n) is 5.30. The number of benzene rings is 1. The summed E-state index contributed by atoms with van der Waals surface area (Å²) in [5, 5.41) is 16.1. The number of ether oxygens (including phenoxy) is 1. The lowest BCUT2D eigenvalue weighted by Gasteiger charge is -2.09. The smallest absolute Gasteiger partial charge is 0.180 e. The number of phenols is 1. The molecule has 0 unspecified atom stereocenters. The van der Waals surface area contributed by atoms with E-state index < -0.39 is 0 Å². The van der Waals surface area contributed by atoms with Crippen LogP contribution in [-0.2, 0) is 0 Å². The number of nitrogens with one attached hydrogen (secondary N) is 2. The van der Waals surface area contributed by atoms with Gasteiger partial charge >= 0.3 is 0 Å². The number of methoxy groups -OCH3 is 1. The van der Waals surface area contributed by atoms with Crippen molar-refractivity contribution in [3.8, 4) is 22.8 Å². The number of phenolic OH excluding ortho intramolecular Hbond substituents is 1. The molecule has 0 fully saturated rings. The van der Waals surface area contributed by atoms with Crippen molar-refractivity contribution >= 4 is 34.3 Å². The summed E-state index contributed by atoms with van der Waals surface area (Å²) < 4.78 is 5.15. The Kier molecular flexibility index (Phi) is 5.23. The number of aromatic nitrogens is 3. The van der Waals surface area contributed by atoms with Crippen LogP contribution in [0.25, 0.3) is 22.4 Å². The number of rotatable bonds is 5. The summed E-state index contributed by atoms with van der Waals surface area (Å²) in [5.41, 5.74) is 2.63. The maximum atomic E-state index is 9.74. The average molecular weight is 367 g/mol. The van der Waals surface area contributed by atoms with Gasteiger partial charge in [0.25, 0.3) is 0 Å².